The number of rotatable bonds is 5. The highest BCUT2D eigenvalue weighted by molar-refractivity contribution is 9.10. The molecule has 5 heteroatoms. The summed E-state index contributed by atoms with van der Waals surface area (Å²) in [4.78, 5) is 22.3. The molecule has 0 heterocycles. The van der Waals surface area contributed by atoms with Crippen LogP contribution in [-0.4, -0.2) is 23.5 Å². The minimum atomic E-state index is -0.872. The van der Waals surface area contributed by atoms with E-state index in [2.05, 4.69) is 21.2 Å². The Labute approximate surface area is 120 Å². The summed E-state index contributed by atoms with van der Waals surface area (Å²) < 4.78 is 1.02. The van der Waals surface area contributed by atoms with Crippen LogP contribution in [0.25, 0.3) is 0 Å². The molecule has 0 bridgehead atoms. The summed E-state index contributed by atoms with van der Waals surface area (Å²) in [6, 6.07) is 6.06. The van der Waals surface area contributed by atoms with Crippen molar-refractivity contribution in [2.75, 3.05) is 6.54 Å². The van der Waals surface area contributed by atoms with E-state index < -0.39 is 11.9 Å². The lowest BCUT2D eigenvalue weighted by Gasteiger charge is -2.08. The van der Waals surface area contributed by atoms with Crippen LogP contribution in [0.4, 0.5) is 0 Å². The number of benzene rings is 1. The first-order valence-electron chi connectivity index (χ1n) is 6.24. The molecular weight excluding hydrogens is 310 g/mol. The highest BCUT2D eigenvalue weighted by Crippen LogP contribution is 2.38. The van der Waals surface area contributed by atoms with Crippen LogP contribution in [0.15, 0.2) is 22.7 Å². The van der Waals surface area contributed by atoms with Gasteiger partial charge in [-0.1, -0.05) is 22.0 Å². The third-order valence-corrected chi connectivity index (χ3v) is 3.94. The Morgan fingerprint density at radius 2 is 2.16 bits per heavy atom. The van der Waals surface area contributed by atoms with Gasteiger partial charge in [0.2, 0.25) is 5.91 Å². The van der Waals surface area contributed by atoms with Gasteiger partial charge in [0.25, 0.3) is 0 Å². The summed E-state index contributed by atoms with van der Waals surface area (Å²) in [6.45, 7) is 2.57. The second kappa shape index (κ2) is 5.74. The summed E-state index contributed by atoms with van der Waals surface area (Å²) in [7, 11) is 0. The van der Waals surface area contributed by atoms with Crippen molar-refractivity contribution >= 4 is 27.8 Å². The fourth-order valence-corrected chi connectivity index (χ4v) is 2.53. The van der Waals surface area contributed by atoms with Gasteiger partial charge in [0.05, 0.1) is 11.8 Å². The monoisotopic (exact) mass is 325 g/mol. The smallest absolute Gasteiger partial charge is 0.307 e. The minimum Gasteiger partial charge on any atom is -0.481 e. The number of carboxylic acids is 1. The molecule has 1 aliphatic carbocycles. The van der Waals surface area contributed by atoms with Gasteiger partial charge in [-0.3, -0.25) is 9.59 Å². The van der Waals surface area contributed by atoms with Gasteiger partial charge in [0, 0.05) is 11.0 Å². The van der Waals surface area contributed by atoms with E-state index in [4.69, 9.17) is 5.11 Å². The molecule has 1 aliphatic rings. The number of hydrogen-bond donors (Lipinski definition) is 2. The van der Waals surface area contributed by atoms with Crippen molar-refractivity contribution in [1.29, 1.82) is 0 Å². The maximum Gasteiger partial charge on any atom is 0.307 e. The predicted molar refractivity (Wildman–Crippen MR) is 74.8 cm³/mol. The van der Waals surface area contributed by atoms with Gasteiger partial charge in [-0.2, -0.15) is 0 Å². The summed E-state index contributed by atoms with van der Waals surface area (Å²) in [6.07, 6.45) is 1.22. The number of aliphatic carboxylic acids is 1. The van der Waals surface area contributed by atoms with E-state index in [0.29, 0.717) is 13.0 Å². The Morgan fingerprint density at radius 3 is 2.79 bits per heavy atom. The molecule has 2 rings (SSSR count). The second-order valence-corrected chi connectivity index (χ2v) is 5.81. The summed E-state index contributed by atoms with van der Waals surface area (Å²) in [5.41, 5.74) is 2.37. The van der Waals surface area contributed by atoms with Crippen molar-refractivity contribution in [3.05, 3.63) is 33.8 Å². The molecular formula is C14H16BrNO3. The van der Waals surface area contributed by atoms with E-state index in [9.17, 15) is 9.59 Å². The van der Waals surface area contributed by atoms with Crippen molar-refractivity contribution in [2.24, 2.45) is 11.8 Å². The van der Waals surface area contributed by atoms with E-state index in [-0.39, 0.29) is 11.8 Å². The Bertz CT molecular complexity index is 515. The van der Waals surface area contributed by atoms with Crippen LogP contribution in [0.5, 0.6) is 0 Å². The lowest BCUT2D eigenvalue weighted by Crippen LogP contribution is -2.28. The van der Waals surface area contributed by atoms with Crippen LogP contribution >= 0.6 is 15.9 Å². The summed E-state index contributed by atoms with van der Waals surface area (Å²) in [5, 5.41) is 11.6. The van der Waals surface area contributed by atoms with Crippen LogP contribution < -0.4 is 5.32 Å². The van der Waals surface area contributed by atoms with Crippen LogP contribution in [-0.2, 0) is 16.0 Å². The Balaban J connectivity index is 1.79. The SMILES string of the molecule is Cc1ccc(Br)cc1CCNC(=O)C1CC1C(=O)O. The Hall–Kier alpha value is -1.36. The van der Waals surface area contributed by atoms with Gasteiger partial charge < -0.3 is 10.4 Å². The molecule has 102 valence electrons. The molecule has 4 nitrogen and oxygen atoms in total. The zero-order chi connectivity index (χ0) is 14.0. The molecule has 0 spiro atoms. The van der Waals surface area contributed by atoms with E-state index in [0.717, 1.165) is 10.9 Å². The molecule has 1 saturated carbocycles. The molecule has 0 saturated heterocycles. The summed E-state index contributed by atoms with van der Waals surface area (Å²) >= 11 is 3.42. The molecule has 2 unspecified atom stereocenters. The lowest BCUT2D eigenvalue weighted by molar-refractivity contribution is -0.140. The zero-order valence-electron chi connectivity index (χ0n) is 10.6. The topological polar surface area (TPSA) is 66.4 Å². The second-order valence-electron chi connectivity index (χ2n) is 4.90. The molecule has 2 atom stereocenters. The van der Waals surface area contributed by atoms with Crippen LogP contribution in [0.3, 0.4) is 0 Å². The molecule has 0 aromatic heterocycles. The minimum absolute atomic E-state index is 0.139. The first-order valence-corrected chi connectivity index (χ1v) is 7.04. The first-order chi connectivity index (χ1) is 8.99. The number of aryl methyl sites for hydroxylation is 1. The Kier molecular flexibility index (Phi) is 4.24. The molecule has 1 fully saturated rings. The molecule has 0 aliphatic heterocycles. The maximum atomic E-state index is 11.7. The lowest BCUT2D eigenvalue weighted by atomic mass is 10.1. The van der Waals surface area contributed by atoms with E-state index in [1.807, 2.05) is 25.1 Å². The predicted octanol–water partition coefficient (Wildman–Crippen LogP) is 2.14. The van der Waals surface area contributed by atoms with Crippen LogP contribution in [0.1, 0.15) is 17.5 Å². The highest BCUT2D eigenvalue weighted by Gasteiger charge is 2.48. The molecule has 0 radical (unpaired) electrons. The van der Waals surface area contributed by atoms with Crippen molar-refractivity contribution < 1.29 is 14.7 Å². The zero-order valence-corrected chi connectivity index (χ0v) is 12.2. The van der Waals surface area contributed by atoms with Gasteiger partial charge in [-0.05, 0) is 43.0 Å². The van der Waals surface area contributed by atoms with Gasteiger partial charge in [0.1, 0.15) is 0 Å². The number of halogens is 1. The molecule has 19 heavy (non-hydrogen) atoms. The Morgan fingerprint density at radius 1 is 1.42 bits per heavy atom. The number of amides is 1. The number of hydrogen-bond acceptors (Lipinski definition) is 2. The molecule has 1 aromatic rings. The van der Waals surface area contributed by atoms with Gasteiger partial charge in [0.15, 0.2) is 0 Å². The third-order valence-electron chi connectivity index (χ3n) is 3.45. The van der Waals surface area contributed by atoms with Crippen LogP contribution in [0, 0.1) is 18.8 Å². The van der Waals surface area contributed by atoms with Gasteiger partial charge >= 0.3 is 5.97 Å². The largest absolute Gasteiger partial charge is 0.481 e. The van der Waals surface area contributed by atoms with Crippen molar-refractivity contribution in [2.45, 2.75) is 19.8 Å². The highest BCUT2D eigenvalue weighted by atomic mass is 79.9. The molecule has 2 N–H and O–H groups in total. The fraction of sp³-hybridized carbons (Fsp3) is 0.429. The molecule has 1 aromatic carbocycles. The first kappa shape index (κ1) is 14.1. The van der Waals surface area contributed by atoms with E-state index >= 15 is 0 Å². The quantitative estimate of drug-likeness (QED) is 0.871. The number of carbonyl (C=O) groups excluding carboxylic acids is 1. The number of carboxylic acid groups (broad SMARTS) is 1. The average molecular weight is 326 g/mol. The van der Waals surface area contributed by atoms with E-state index in [1.165, 1.54) is 11.1 Å². The van der Waals surface area contributed by atoms with Gasteiger partial charge in [-0.25, -0.2) is 0 Å². The number of carbonyl (C=O) groups is 2. The standard InChI is InChI=1S/C14H16BrNO3/c1-8-2-3-10(15)6-9(8)4-5-16-13(17)11-7-12(11)14(18)19/h2-3,6,11-12H,4-5,7H2,1H3,(H,16,17)(H,18,19). The van der Waals surface area contributed by atoms with Crippen molar-refractivity contribution in [1.82, 2.24) is 5.32 Å². The van der Waals surface area contributed by atoms with Gasteiger partial charge in [-0.15, -0.1) is 0 Å². The molecule has 1 amide bonds. The van der Waals surface area contributed by atoms with Crippen molar-refractivity contribution in [3.8, 4) is 0 Å². The maximum absolute atomic E-state index is 11.7. The van der Waals surface area contributed by atoms with E-state index in [1.54, 1.807) is 0 Å². The average Bonchev–Trinajstić information content (AvgIpc) is 3.13. The number of nitrogens with one attached hydrogen (secondary N) is 1. The summed E-state index contributed by atoms with van der Waals surface area (Å²) in [5.74, 6) is -1.82. The van der Waals surface area contributed by atoms with Crippen LogP contribution in [0.2, 0.25) is 0 Å². The van der Waals surface area contributed by atoms with Crippen molar-refractivity contribution in [3.63, 3.8) is 0 Å². The normalized spacial score (nSPS) is 20.9. The third kappa shape index (κ3) is 3.56. The fourth-order valence-electron chi connectivity index (χ4n) is 2.12.